The van der Waals surface area contributed by atoms with Crippen molar-refractivity contribution < 1.29 is 23.1 Å². The second-order valence-electron chi connectivity index (χ2n) is 4.28. The third kappa shape index (κ3) is 3.52. The maximum absolute atomic E-state index is 12.7. The van der Waals surface area contributed by atoms with Crippen molar-refractivity contribution in [1.29, 1.82) is 0 Å². The molecule has 0 saturated heterocycles. The lowest BCUT2D eigenvalue weighted by Gasteiger charge is -2.16. The molecule has 112 valence electrons. The Morgan fingerprint density at radius 2 is 2.10 bits per heavy atom. The lowest BCUT2D eigenvalue weighted by Crippen LogP contribution is -2.15. The molecule has 21 heavy (non-hydrogen) atoms. The molecule has 0 saturated carbocycles. The van der Waals surface area contributed by atoms with E-state index in [-0.39, 0.29) is 17.4 Å². The predicted octanol–water partition coefficient (Wildman–Crippen LogP) is 4.03. The molecule has 0 aliphatic carbocycles. The third-order valence-corrected chi connectivity index (χ3v) is 3.79. The summed E-state index contributed by atoms with van der Waals surface area (Å²) in [7, 11) is 0. The van der Waals surface area contributed by atoms with Crippen molar-refractivity contribution in [3.05, 3.63) is 45.8 Å². The Morgan fingerprint density at radius 3 is 2.62 bits per heavy atom. The van der Waals surface area contributed by atoms with E-state index in [0.29, 0.717) is 6.07 Å². The van der Waals surface area contributed by atoms with E-state index in [1.165, 1.54) is 11.3 Å². The van der Waals surface area contributed by atoms with Gasteiger partial charge in [-0.3, -0.25) is 0 Å². The molecule has 1 unspecified atom stereocenters. The van der Waals surface area contributed by atoms with Gasteiger partial charge in [0.1, 0.15) is 17.1 Å². The summed E-state index contributed by atoms with van der Waals surface area (Å²) >= 11 is 1.41. The molecule has 2 aromatic rings. The molecular weight excluding hydrogens is 305 g/mol. The summed E-state index contributed by atoms with van der Waals surface area (Å²) in [6.07, 6.45) is -4.63. The lowest BCUT2D eigenvalue weighted by atomic mass is 10.2. The van der Waals surface area contributed by atoms with E-state index in [2.05, 4.69) is 10.3 Å². The maximum Gasteiger partial charge on any atom is 0.433 e. The highest BCUT2D eigenvalue weighted by Gasteiger charge is 2.33. The molecule has 0 aromatic carbocycles. The molecule has 2 aromatic heterocycles. The highest BCUT2D eigenvalue weighted by molar-refractivity contribution is 7.10. The number of nitrogens with one attached hydrogen (secondary N) is 1. The first kappa shape index (κ1) is 15.3. The Kier molecular flexibility index (Phi) is 4.17. The Labute approximate surface area is 122 Å². The lowest BCUT2D eigenvalue weighted by molar-refractivity contribution is -0.141. The fourth-order valence-electron chi connectivity index (χ4n) is 1.71. The minimum atomic E-state index is -4.63. The van der Waals surface area contributed by atoms with Crippen LogP contribution in [-0.2, 0) is 6.18 Å². The number of aromatic nitrogens is 1. The number of nitrogens with zero attached hydrogens (tertiary/aromatic N) is 1. The van der Waals surface area contributed by atoms with Gasteiger partial charge in [0.05, 0.1) is 6.04 Å². The number of rotatable bonds is 4. The van der Waals surface area contributed by atoms with Gasteiger partial charge in [-0.05, 0) is 30.5 Å². The summed E-state index contributed by atoms with van der Waals surface area (Å²) in [6.45, 7) is 1.72. The highest BCUT2D eigenvalue weighted by Crippen LogP contribution is 2.31. The Hall–Kier alpha value is -2.09. The van der Waals surface area contributed by atoms with Crippen molar-refractivity contribution in [3.8, 4) is 0 Å². The van der Waals surface area contributed by atoms with E-state index >= 15 is 0 Å². The van der Waals surface area contributed by atoms with Crippen LogP contribution in [0.2, 0.25) is 0 Å². The molecule has 0 radical (unpaired) electrons. The van der Waals surface area contributed by atoms with E-state index in [1.54, 1.807) is 19.1 Å². The van der Waals surface area contributed by atoms with Gasteiger partial charge >= 0.3 is 12.1 Å². The van der Waals surface area contributed by atoms with E-state index in [4.69, 9.17) is 5.11 Å². The van der Waals surface area contributed by atoms with Gasteiger partial charge in [0.2, 0.25) is 0 Å². The normalized spacial score (nSPS) is 13.0. The van der Waals surface area contributed by atoms with Crippen molar-refractivity contribution in [3.63, 3.8) is 0 Å². The van der Waals surface area contributed by atoms with Crippen molar-refractivity contribution in [2.45, 2.75) is 19.1 Å². The van der Waals surface area contributed by atoms with Crippen molar-refractivity contribution >= 4 is 23.1 Å². The molecule has 0 bridgehead atoms. The number of halogens is 3. The van der Waals surface area contributed by atoms with Crippen molar-refractivity contribution in [2.24, 2.45) is 0 Å². The molecule has 0 aliphatic heterocycles. The summed E-state index contributed by atoms with van der Waals surface area (Å²) in [5.74, 6) is -1.63. The fourth-order valence-corrected chi connectivity index (χ4v) is 2.45. The number of carboxylic acids is 1. The zero-order valence-electron chi connectivity index (χ0n) is 10.8. The van der Waals surface area contributed by atoms with Crippen LogP contribution in [-0.4, -0.2) is 16.1 Å². The number of carbonyl (C=O) groups is 1. The minimum absolute atomic E-state index is 0.293. The summed E-state index contributed by atoms with van der Waals surface area (Å²) in [6, 6.07) is 4.82. The van der Waals surface area contributed by atoms with Gasteiger partial charge < -0.3 is 10.4 Å². The summed E-state index contributed by atoms with van der Waals surface area (Å²) < 4.78 is 38.0. The minimum Gasteiger partial charge on any atom is -0.478 e. The Morgan fingerprint density at radius 1 is 1.38 bits per heavy atom. The molecule has 0 amide bonds. The second kappa shape index (κ2) is 5.72. The molecule has 2 rings (SSSR count). The molecule has 2 N–H and O–H groups in total. The zero-order chi connectivity index (χ0) is 15.6. The predicted molar refractivity (Wildman–Crippen MR) is 72.6 cm³/mol. The topological polar surface area (TPSA) is 62.2 Å². The highest BCUT2D eigenvalue weighted by atomic mass is 32.1. The van der Waals surface area contributed by atoms with Crippen LogP contribution in [0.5, 0.6) is 0 Å². The van der Waals surface area contributed by atoms with Gasteiger partial charge in [-0.2, -0.15) is 13.2 Å². The number of carboxylic acid groups (broad SMARTS) is 1. The van der Waals surface area contributed by atoms with Crippen LogP contribution in [0.25, 0.3) is 0 Å². The van der Waals surface area contributed by atoms with Gasteiger partial charge in [-0.25, -0.2) is 9.78 Å². The largest absolute Gasteiger partial charge is 0.478 e. The van der Waals surface area contributed by atoms with Crippen LogP contribution in [0.15, 0.2) is 29.6 Å². The first-order chi connectivity index (χ1) is 9.79. The number of alkyl halides is 3. The van der Waals surface area contributed by atoms with Crippen molar-refractivity contribution in [1.82, 2.24) is 4.98 Å². The summed E-state index contributed by atoms with van der Waals surface area (Å²) in [4.78, 5) is 15.4. The first-order valence-corrected chi connectivity index (χ1v) is 6.78. The standard InChI is InChI=1S/C13H11F3N2O2S/c1-7(9-3-2-6-21-9)17-11-8(12(19)20)4-5-10(18-11)13(14,15)16/h2-7H,1H3,(H,17,18)(H,19,20). The van der Waals surface area contributed by atoms with E-state index < -0.39 is 17.8 Å². The number of thiophene rings is 1. The molecule has 0 spiro atoms. The molecular formula is C13H11F3N2O2S. The van der Waals surface area contributed by atoms with Crippen LogP contribution in [0.3, 0.4) is 0 Å². The van der Waals surface area contributed by atoms with E-state index in [1.807, 2.05) is 5.38 Å². The number of pyridine rings is 1. The first-order valence-electron chi connectivity index (χ1n) is 5.90. The van der Waals surface area contributed by atoms with Gasteiger partial charge in [0.15, 0.2) is 0 Å². The quantitative estimate of drug-likeness (QED) is 0.894. The van der Waals surface area contributed by atoms with E-state index in [9.17, 15) is 18.0 Å². The number of hydrogen-bond donors (Lipinski definition) is 2. The average Bonchev–Trinajstić information content (AvgIpc) is 2.91. The van der Waals surface area contributed by atoms with Crippen LogP contribution >= 0.6 is 11.3 Å². The van der Waals surface area contributed by atoms with Gasteiger partial charge in [0.25, 0.3) is 0 Å². The SMILES string of the molecule is CC(Nc1nc(C(F)(F)F)ccc1C(=O)O)c1cccs1. The number of aromatic carboxylic acids is 1. The summed E-state index contributed by atoms with van der Waals surface area (Å²) in [5, 5.41) is 13.6. The van der Waals surface area contributed by atoms with Crippen LogP contribution in [0.1, 0.15) is 33.9 Å². The monoisotopic (exact) mass is 316 g/mol. The number of hydrogen-bond acceptors (Lipinski definition) is 4. The van der Waals surface area contributed by atoms with Crippen molar-refractivity contribution in [2.75, 3.05) is 5.32 Å². The molecule has 4 nitrogen and oxygen atoms in total. The van der Waals surface area contributed by atoms with Gasteiger partial charge in [0, 0.05) is 4.88 Å². The zero-order valence-corrected chi connectivity index (χ0v) is 11.6. The van der Waals surface area contributed by atoms with Gasteiger partial charge in [-0.15, -0.1) is 11.3 Å². The smallest absolute Gasteiger partial charge is 0.433 e. The van der Waals surface area contributed by atoms with E-state index in [0.717, 1.165) is 10.9 Å². The van der Waals surface area contributed by atoms with Crippen LogP contribution < -0.4 is 5.32 Å². The Balaban J connectivity index is 2.37. The Bertz CT molecular complexity index is 641. The molecule has 0 fully saturated rings. The third-order valence-electron chi connectivity index (χ3n) is 2.74. The molecule has 2 heterocycles. The number of anilines is 1. The summed E-state index contributed by atoms with van der Waals surface area (Å²) in [5.41, 5.74) is -1.43. The van der Waals surface area contributed by atoms with Gasteiger partial charge in [-0.1, -0.05) is 6.07 Å². The fraction of sp³-hybridized carbons (Fsp3) is 0.231. The molecule has 1 atom stereocenters. The molecule has 0 aliphatic rings. The average molecular weight is 316 g/mol. The second-order valence-corrected chi connectivity index (χ2v) is 5.26. The maximum atomic E-state index is 12.7. The van der Waals surface area contributed by atoms with Crippen LogP contribution in [0, 0.1) is 0 Å². The van der Waals surface area contributed by atoms with Crippen LogP contribution in [0.4, 0.5) is 19.0 Å². The molecule has 8 heteroatoms.